The van der Waals surface area contributed by atoms with Crippen LogP contribution in [-0.2, 0) is 7.05 Å². The Labute approximate surface area is 72.0 Å². The summed E-state index contributed by atoms with van der Waals surface area (Å²) in [7, 11) is 2.00. The Bertz CT molecular complexity index is 249. The monoisotopic (exact) mass is 166 g/mol. The highest BCUT2D eigenvalue weighted by Crippen LogP contribution is 2.19. The summed E-state index contributed by atoms with van der Waals surface area (Å²) in [6, 6.07) is 0. The van der Waals surface area contributed by atoms with Crippen molar-refractivity contribution in [3.8, 4) is 0 Å². The second kappa shape index (κ2) is 3.23. The first-order chi connectivity index (χ1) is 5.88. The Kier molecular flexibility index (Phi) is 2.08. The molecule has 2 rings (SSSR count). The molecule has 0 amide bonds. The van der Waals surface area contributed by atoms with E-state index in [4.69, 9.17) is 0 Å². The van der Waals surface area contributed by atoms with Crippen LogP contribution >= 0.6 is 0 Å². The second-order valence-corrected chi connectivity index (χ2v) is 3.34. The summed E-state index contributed by atoms with van der Waals surface area (Å²) >= 11 is 0. The van der Waals surface area contributed by atoms with Gasteiger partial charge in [-0.1, -0.05) is 0 Å². The van der Waals surface area contributed by atoms with E-state index in [0.717, 1.165) is 18.9 Å². The van der Waals surface area contributed by atoms with Crippen molar-refractivity contribution in [2.75, 3.05) is 13.1 Å². The van der Waals surface area contributed by atoms with Gasteiger partial charge in [0, 0.05) is 19.5 Å². The highest BCUT2D eigenvalue weighted by molar-refractivity contribution is 4.98. The summed E-state index contributed by atoms with van der Waals surface area (Å²) < 4.78 is 2.01. The van der Waals surface area contributed by atoms with Crippen molar-refractivity contribution in [2.24, 2.45) is 7.05 Å². The summed E-state index contributed by atoms with van der Waals surface area (Å²) in [5, 5.41) is 11.4. The molecule has 0 bridgehead atoms. The summed E-state index contributed by atoms with van der Waals surface area (Å²) in [6.07, 6.45) is 4.25. The molecule has 1 aliphatic heterocycles. The molecule has 0 aromatic carbocycles. The largest absolute Gasteiger partial charge is 0.320 e. The van der Waals surface area contributed by atoms with Gasteiger partial charge in [-0.2, -0.15) is 0 Å². The van der Waals surface area contributed by atoms with Gasteiger partial charge in [0.2, 0.25) is 0 Å². The number of piperidine rings is 1. The molecule has 66 valence electrons. The molecule has 0 aliphatic carbocycles. The number of rotatable bonds is 1. The van der Waals surface area contributed by atoms with Crippen LogP contribution in [-0.4, -0.2) is 27.9 Å². The van der Waals surface area contributed by atoms with E-state index < -0.39 is 0 Å². The van der Waals surface area contributed by atoms with E-state index >= 15 is 0 Å². The molecule has 1 N–H and O–H groups in total. The molecule has 1 saturated heterocycles. The zero-order valence-electron chi connectivity index (χ0n) is 7.32. The molecule has 0 saturated carbocycles. The van der Waals surface area contributed by atoms with Crippen LogP contribution in [0.5, 0.6) is 0 Å². The van der Waals surface area contributed by atoms with Gasteiger partial charge in [0.1, 0.15) is 12.2 Å². The Morgan fingerprint density at radius 1 is 1.67 bits per heavy atom. The Balaban J connectivity index is 2.13. The molecule has 2 heterocycles. The number of hydrogen-bond acceptors (Lipinski definition) is 3. The van der Waals surface area contributed by atoms with Gasteiger partial charge in [0.15, 0.2) is 0 Å². The minimum absolute atomic E-state index is 0.561. The average molecular weight is 166 g/mol. The van der Waals surface area contributed by atoms with Crippen molar-refractivity contribution in [3.05, 3.63) is 12.2 Å². The maximum Gasteiger partial charge on any atom is 0.136 e. The first-order valence-electron chi connectivity index (χ1n) is 4.42. The molecule has 4 nitrogen and oxygen atoms in total. The summed E-state index contributed by atoms with van der Waals surface area (Å²) in [5.41, 5.74) is 0. The fraction of sp³-hybridized carbons (Fsp3) is 0.750. The lowest BCUT2D eigenvalue weighted by Crippen LogP contribution is -2.29. The van der Waals surface area contributed by atoms with Crippen molar-refractivity contribution in [1.82, 2.24) is 20.1 Å². The van der Waals surface area contributed by atoms with Gasteiger partial charge in [0.25, 0.3) is 0 Å². The standard InChI is InChI=1S/C8H14N4/c1-12-6-10-11-8(12)7-3-2-4-9-5-7/h6-7,9H,2-5H2,1H3. The van der Waals surface area contributed by atoms with Gasteiger partial charge < -0.3 is 9.88 Å². The zero-order chi connectivity index (χ0) is 8.39. The van der Waals surface area contributed by atoms with Gasteiger partial charge in [-0.3, -0.25) is 0 Å². The fourth-order valence-electron chi connectivity index (χ4n) is 1.73. The highest BCUT2D eigenvalue weighted by Gasteiger charge is 2.18. The van der Waals surface area contributed by atoms with Crippen LogP contribution in [0.4, 0.5) is 0 Å². The second-order valence-electron chi connectivity index (χ2n) is 3.34. The van der Waals surface area contributed by atoms with Crippen molar-refractivity contribution in [1.29, 1.82) is 0 Å². The lowest BCUT2D eigenvalue weighted by molar-refractivity contribution is 0.438. The van der Waals surface area contributed by atoms with Crippen molar-refractivity contribution >= 4 is 0 Å². The number of nitrogens with one attached hydrogen (secondary N) is 1. The normalized spacial score (nSPS) is 24.2. The van der Waals surface area contributed by atoms with E-state index in [1.807, 2.05) is 11.6 Å². The first-order valence-corrected chi connectivity index (χ1v) is 4.42. The van der Waals surface area contributed by atoms with Crippen LogP contribution in [0.25, 0.3) is 0 Å². The molecule has 1 atom stereocenters. The number of hydrogen-bond donors (Lipinski definition) is 1. The molecule has 1 aliphatic rings. The molecule has 1 fully saturated rings. The maximum atomic E-state index is 4.11. The maximum absolute atomic E-state index is 4.11. The van der Waals surface area contributed by atoms with Gasteiger partial charge >= 0.3 is 0 Å². The number of aryl methyl sites for hydroxylation is 1. The van der Waals surface area contributed by atoms with E-state index in [-0.39, 0.29) is 0 Å². The molecule has 4 heteroatoms. The first kappa shape index (κ1) is 7.73. The van der Waals surface area contributed by atoms with Crippen LogP contribution in [0.1, 0.15) is 24.6 Å². The summed E-state index contributed by atoms with van der Waals surface area (Å²) in [6.45, 7) is 2.20. The Morgan fingerprint density at radius 3 is 3.17 bits per heavy atom. The molecule has 0 spiro atoms. The van der Waals surface area contributed by atoms with Gasteiger partial charge in [0.05, 0.1) is 0 Å². The third-order valence-electron chi connectivity index (χ3n) is 2.41. The fourth-order valence-corrected chi connectivity index (χ4v) is 1.73. The van der Waals surface area contributed by atoms with E-state index in [9.17, 15) is 0 Å². The molecule has 12 heavy (non-hydrogen) atoms. The molecular weight excluding hydrogens is 152 g/mol. The van der Waals surface area contributed by atoms with Gasteiger partial charge in [-0.15, -0.1) is 10.2 Å². The minimum atomic E-state index is 0.561. The van der Waals surface area contributed by atoms with E-state index in [0.29, 0.717) is 5.92 Å². The minimum Gasteiger partial charge on any atom is -0.320 e. The van der Waals surface area contributed by atoms with Gasteiger partial charge in [-0.05, 0) is 19.4 Å². The van der Waals surface area contributed by atoms with E-state index in [2.05, 4.69) is 15.5 Å². The average Bonchev–Trinajstić information content (AvgIpc) is 2.53. The SMILES string of the molecule is Cn1cnnc1C1CCCNC1. The summed E-state index contributed by atoms with van der Waals surface area (Å²) in [5.74, 6) is 1.67. The number of nitrogens with zero attached hydrogens (tertiary/aromatic N) is 3. The predicted octanol–water partition coefficient (Wildman–Crippen LogP) is 0.282. The van der Waals surface area contributed by atoms with Crippen molar-refractivity contribution in [3.63, 3.8) is 0 Å². The quantitative estimate of drug-likeness (QED) is 0.651. The van der Waals surface area contributed by atoms with Crippen molar-refractivity contribution in [2.45, 2.75) is 18.8 Å². The van der Waals surface area contributed by atoms with Crippen LogP contribution in [0, 0.1) is 0 Å². The molecule has 0 radical (unpaired) electrons. The van der Waals surface area contributed by atoms with Gasteiger partial charge in [-0.25, -0.2) is 0 Å². The Morgan fingerprint density at radius 2 is 2.58 bits per heavy atom. The van der Waals surface area contributed by atoms with Crippen LogP contribution in [0.15, 0.2) is 6.33 Å². The van der Waals surface area contributed by atoms with E-state index in [1.165, 1.54) is 12.8 Å². The van der Waals surface area contributed by atoms with E-state index in [1.54, 1.807) is 6.33 Å². The molecule has 1 unspecified atom stereocenters. The Hall–Kier alpha value is -0.900. The zero-order valence-corrected chi connectivity index (χ0v) is 7.32. The molecular formula is C8H14N4. The molecule has 1 aromatic heterocycles. The third kappa shape index (κ3) is 1.34. The highest BCUT2D eigenvalue weighted by atomic mass is 15.3. The van der Waals surface area contributed by atoms with Crippen LogP contribution < -0.4 is 5.32 Å². The lowest BCUT2D eigenvalue weighted by Gasteiger charge is -2.21. The smallest absolute Gasteiger partial charge is 0.136 e. The topological polar surface area (TPSA) is 42.7 Å². The summed E-state index contributed by atoms with van der Waals surface area (Å²) in [4.78, 5) is 0. The molecule has 1 aromatic rings. The van der Waals surface area contributed by atoms with Crippen LogP contribution in [0.3, 0.4) is 0 Å². The third-order valence-corrected chi connectivity index (χ3v) is 2.41. The van der Waals surface area contributed by atoms with Crippen molar-refractivity contribution < 1.29 is 0 Å². The lowest BCUT2D eigenvalue weighted by atomic mass is 9.99. The van der Waals surface area contributed by atoms with Crippen LogP contribution in [0.2, 0.25) is 0 Å². The predicted molar refractivity (Wildman–Crippen MR) is 45.8 cm³/mol. The number of aromatic nitrogens is 3.